The number of hydrogen-bond donors (Lipinski definition) is 1. The van der Waals surface area contributed by atoms with E-state index in [4.69, 9.17) is 4.74 Å². The van der Waals surface area contributed by atoms with Gasteiger partial charge in [-0.1, -0.05) is 179 Å². The van der Waals surface area contributed by atoms with Crippen molar-refractivity contribution in [1.82, 2.24) is 0 Å². The number of ether oxygens (including phenoxy) is 1. The van der Waals surface area contributed by atoms with Crippen LogP contribution in [0.5, 0.6) is 0 Å². The summed E-state index contributed by atoms with van der Waals surface area (Å²) in [7, 11) is 0. The predicted octanol–water partition coefficient (Wildman–Crippen LogP) is 13.6. The molecule has 3 heteroatoms. The predicted molar refractivity (Wildman–Crippen MR) is 222 cm³/mol. The van der Waals surface area contributed by atoms with Gasteiger partial charge >= 0.3 is 5.97 Å². The van der Waals surface area contributed by atoms with Gasteiger partial charge < -0.3 is 9.84 Å². The lowest BCUT2D eigenvalue weighted by Crippen LogP contribution is -2.56. The summed E-state index contributed by atoms with van der Waals surface area (Å²) < 4.78 is 6.28. The van der Waals surface area contributed by atoms with Crippen molar-refractivity contribution >= 4 is 5.97 Å². The number of fused-ring (bicyclic) bond motifs is 5. The second-order valence-corrected chi connectivity index (χ2v) is 18.2. The Labute approximate surface area is 320 Å². The Hall–Kier alpha value is -2.13. The largest absolute Gasteiger partial charge is 0.458 e. The van der Waals surface area contributed by atoms with E-state index in [1.165, 1.54) is 108 Å². The van der Waals surface area contributed by atoms with Gasteiger partial charge in [-0.3, -0.25) is 0 Å². The Morgan fingerprint density at radius 2 is 1.48 bits per heavy atom. The molecule has 4 aliphatic carbocycles. The highest BCUT2D eigenvalue weighted by Gasteiger charge is 2.61. The number of hydrogen-bond acceptors (Lipinski definition) is 3. The standard InChI is InChI=1S/C49H78O3/c1-7-8-9-10-11-12-13-14-15-16-17-18-19-20-21-22-23-24-25-29-47(51)52-46-37-41(50)36-40-30-31-42-44-33-32-43(39(4)28-26-27-38(2)3)48(44,5)35-34-45(42)49(40,46)6/h17-25,29-30,38-39,41-46,50H,7-16,26-28,31-37H2,1-6H3/b18-17+,20-19+,22-21+,24-23+,29-25+/t39-,41+,42+,43-,44+,45+,46?,48-,49+/m1/s1. The van der Waals surface area contributed by atoms with E-state index in [1.807, 2.05) is 30.4 Å². The first-order valence-corrected chi connectivity index (χ1v) is 22.0. The van der Waals surface area contributed by atoms with Gasteiger partial charge in [-0.15, -0.1) is 0 Å². The van der Waals surface area contributed by atoms with E-state index in [0.717, 1.165) is 42.9 Å². The van der Waals surface area contributed by atoms with Crippen LogP contribution in [-0.2, 0) is 9.53 Å². The SMILES string of the molecule is CCCCCCCCCCC/C=C/C=C/C=C/C=C/C=C/C(=O)OC1C[C@@H](O)CC2=CC[C@H]3[C@@H]4CC[C@H]([C@H](C)CCCC(C)C)[C@@]4(C)CC[C@@H]3[C@]21C. The number of unbranched alkanes of at least 4 members (excludes halogenated alkanes) is 9. The van der Waals surface area contributed by atoms with Gasteiger partial charge in [-0.25, -0.2) is 4.79 Å². The minimum absolute atomic E-state index is 0.194. The van der Waals surface area contributed by atoms with Gasteiger partial charge in [0.1, 0.15) is 6.10 Å². The molecule has 292 valence electrons. The van der Waals surface area contributed by atoms with Crippen molar-refractivity contribution in [3.8, 4) is 0 Å². The molecule has 0 amide bonds. The number of carbonyl (C=O) groups excluding carboxylic acids is 1. The van der Waals surface area contributed by atoms with E-state index >= 15 is 0 Å². The molecule has 0 aliphatic heterocycles. The summed E-state index contributed by atoms with van der Waals surface area (Å²) in [6, 6.07) is 0. The molecule has 0 spiro atoms. The summed E-state index contributed by atoms with van der Waals surface area (Å²) in [6.45, 7) is 14.5. The van der Waals surface area contributed by atoms with Gasteiger partial charge in [0.25, 0.3) is 0 Å². The maximum absolute atomic E-state index is 13.2. The van der Waals surface area contributed by atoms with Gasteiger partial charge in [-0.2, -0.15) is 0 Å². The van der Waals surface area contributed by atoms with Crippen LogP contribution in [0.2, 0.25) is 0 Å². The minimum atomic E-state index is -0.447. The molecule has 0 aromatic rings. The second-order valence-electron chi connectivity index (χ2n) is 18.2. The van der Waals surface area contributed by atoms with Crippen LogP contribution in [-0.4, -0.2) is 23.3 Å². The fourth-order valence-corrected chi connectivity index (χ4v) is 11.3. The van der Waals surface area contributed by atoms with Crippen molar-refractivity contribution in [3.05, 3.63) is 72.4 Å². The van der Waals surface area contributed by atoms with Crippen molar-refractivity contribution in [2.75, 3.05) is 0 Å². The summed E-state index contributed by atoms with van der Waals surface area (Å²) in [5, 5.41) is 10.9. The van der Waals surface area contributed by atoms with Crippen LogP contribution in [0.15, 0.2) is 72.4 Å². The lowest BCUT2D eigenvalue weighted by molar-refractivity contribution is -0.163. The molecule has 3 saturated carbocycles. The zero-order valence-electron chi connectivity index (χ0n) is 34.4. The van der Waals surface area contributed by atoms with Gasteiger partial charge in [0.05, 0.1) is 6.10 Å². The minimum Gasteiger partial charge on any atom is -0.458 e. The summed E-state index contributed by atoms with van der Waals surface area (Å²) >= 11 is 0. The third-order valence-electron chi connectivity index (χ3n) is 14.2. The van der Waals surface area contributed by atoms with Crippen LogP contribution in [0.25, 0.3) is 0 Å². The highest BCUT2D eigenvalue weighted by Crippen LogP contribution is 2.67. The topological polar surface area (TPSA) is 46.5 Å². The average molecular weight is 715 g/mol. The van der Waals surface area contributed by atoms with Crippen LogP contribution < -0.4 is 0 Å². The van der Waals surface area contributed by atoms with E-state index < -0.39 is 6.10 Å². The summed E-state index contributed by atoms with van der Waals surface area (Å²) in [5.41, 5.74) is 1.56. The Bertz CT molecular complexity index is 1250. The van der Waals surface area contributed by atoms with Crippen LogP contribution in [0.3, 0.4) is 0 Å². The first-order valence-electron chi connectivity index (χ1n) is 22.0. The Morgan fingerprint density at radius 1 is 0.827 bits per heavy atom. The van der Waals surface area contributed by atoms with Crippen LogP contribution in [0, 0.1) is 46.3 Å². The molecule has 0 aromatic heterocycles. The third kappa shape index (κ3) is 11.7. The van der Waals surface area contributed by atoms with E-state index in [0.29, 0.717) is 23.7 Å². The third-order valence-corrected chi connectivity index (χ3v) is 14.2. The highest BCUT2D eigenvalue weighted by molar-refractivity contribution is 5.82. The summed E-state index contributed by atoms with van der Waals surface area (Å²) in [4.78, 5) is 13.2. The summed E-state index contributed by atoms with van der Waals surface area (Å²) in [5.74, 6) is 4.01. The Morgan fingerprint density at radius 3 is 2.17 bits per heavy atom. The maximum Gasteiger partial charge on any atom is 0.331 e. The number of allylic oxidation sites excluding steroid dienone is 10. The number of carbonyl (C=O) groups is 1. The van der Waals surface area contributed by atoms with Crippen LogP contribution in [0.1, 0.15) is 170 Å². The normalized spacial score (nSPS) is 32.7. The van der Waals surface area contributed by atoms with Crippen molar-refractivity contribution in [2.45, 2.75) is 182 Å². The smallest absolute Gasteiger partial charge is 0.331 e. The van der Waals surface area contributed by atoms with E-state index in [2.05, 4.69) is 65.8 Å². The molecule has 3 nitrogen and oxygen atoms in total. The molecule has 9 atom stereocenters. The van der Waals surface area contributed by atoms with Crippen molar-refractivity contribution in [1.29, 1.82) is 0 Å². The van der Waals surface area contributed by atoms with E-state index in [1.54, 1.807) is 12.2 Å². The van der Waals surface area contributed by atoms with E-state index in [-0.39, 0.29) is 17.5 Å². The number of aliphatic hydroxyl groups excluding tert-OH is 1. The molecule has 52 heavy (non-hydrogen) atoms. The molecule has 4 rings (SSSR count). The molecule has 1 unspecified atom stereocenters. The molecule has 0 radical (unpaired) electrons. The van der Waals surface area contributed by atoms with Crippen LogP contribution >= 0.6 is 0 Å². The number of esters is 1. The van der Waals surface area contributed by atoms with Crippen molar-refractivity contribution in [3.63, 3.8) is 0 Å². The first kappa shape index (κ1) is 42.6. The zero-order valence-corrected chi connectivity index (χ0v) is 34.4. The number of aliphatic hydroxyl groups is 1. The summed E-state index contributed by atoms with van der Waals surface area (Å²) in [6.07, 6.45) is 46.5. The Kier molecular flexibility index (Phi) is 17.8. The number of rotatable bonds is 21. The van der Waals surface area contributed by atoms with Gasteiger partial charge in [0.15, 0.2) is 0 Å². The van der Waals surface area contributed by atoms with E-state index in [9.17, 15) is 9.90 Å². The molecule has 4 aliphatic rings. The molecule has 1 N–H and O–H groups in total. The molecule has 3 fully saturated rings. The molecule has 0 aromatic carbocycles. The molecule has 0 saturated heterocycles. The van der Waals surface area contributed by atoms with Gasteiger partial charge in [0.2, 0.25) is 0 Å². The maximum atomic E-state index is 13.2. The van der Waals surface area contributed by atoms with Gasteiger partial charge in [-0.05, 0) is 92.3 Å². The molecular formula is C49H78O3. The quantitative estimate of drug-likeness (QED) is 0.0423. The Balaban J connectivity index is 1.23. The molecular weight excluding hydrogens is 637 g/mol. The lowest BCUT2D eigenvalue weighted by Gasteiger charge is -2.60. The van der Waals surface area contributed by atoms with Crippen molar-refractivity contribution in [2.24, 2.45) is 46.3 Å². The first-order chi connectivity index (χ1) is 25.1. The van der Waals surface area contributed by atoms with Crippen LogP contribution in [0.4, 0.5) is 0 Å². The average Bonchev–Trinajstić information content (AvgIpc) is 3.47. The molecule has 0 bridgehead atoms. The zero-order chi connectivity index (χ0) is 37.4. The monoisotopic (exact) mass is 715 g/mol. The second kappa shape index (κ2) is 21.7. The van der Waals surface area contributed by atoms with Gasteiger partial charge in [0, 0.05) is 17.9 Å². The van der Waals surface area contributed by atoms with Crippen molar-refractivity contribution < 1.29 is 14.6 Å². The fraction of sp³-hybridized carbons (Fsp3) is 0.735. The lowest BCUT2D eigenvalue weighted by atomic mass is 9.46. The molecule has 0 heterocycles. The fourth-order valence-electron chi connectivity index (χ4n) is 11.3. The highest BCUT2D eigenvalue weighted by atomic mass is 16.5.